The number of rotatable bonds is 3. The van der Waals surface area contributed by atoms with Crippen molar-refractivity contribution in [3.8, 4) is 0 Å². The summed E-state index contributed by atoms with van der Waals surface area (Å²) in [6.07, 6.45) is 9.68. The Morgan fingerprint density at radius 1 is 1.18 bits per heavy atom. The lowest BCUT2D eigenvalue weighted by Crippen LogP contribution is -2.46. The van der Waals surface area contributed by atoms with Crippen LogP contribution in [0.2, 0.25) is 0 Å². The van der Waals surface area contributed by atoms with Crippen molar-refractivity contribution in [1.82, 2.24) is 15.3 Å². The van der Waals surface area contributed by atoms with Crippen LogP contribution in [-0.2, 0) is 4.79 Å². The molecule has 1 aromatic rings. The van der Waals surface area contributed by atoms with Gasteiger partial charge >= 0.3 is 0 Å². The first kappa shape index (κ1) is 15.3. The summed E-state index contributed by atoms with van der Waals surface area (Å²) in [6.45, 7) is 3.82. The van der Waals surface area contributed by atoms with E-state index in [2.05, 4.69) is 20.2 Å². The largest absolute Gasteiger partial charge is 0.356 e. The molecule has 3 rings (SSSR count). The van der Waals surface area contributed by atoms with Crippen molar-refractivity contribution in [2.75, 3.05) is 18.0 Å². The van der Waals surface area contributed by atoms with Crippen LogP contribution in [0.3, 0.4) is 0 Å². The van der Waals surface area contributed by atoms with Gasteiger partial charge in [-0.3, -0.25) is 4.79 Å². The third kappa shape index (κ3) is 3.76. The van der Waals surface area contributed by atoms with Crippen LogP contribution in [0.25, 0.3) is 0 Å². The molecule has 1 aromatic heterocycles. The van der Waals surface area contributed by atoms with Crippen molar-refractivity contribution >= 4 is 11.7 Å². The van der Waals surface area contributed by atoms with Gasteiger partial charge in [-0.15, -0.1) is 0 Å². The number of carbonyl (C=O) groups is 1. The highest BCUT2D eigenvalue weighted by Crippen LogP contribution is 2.24. The molecular weight excluding hydrogens is 276 g/mol. The van der Waals surface area contributed by atoms with Crippen LogP contribution in [-0.4, -0.2) is 35.0 Å². The van der Waals surface area contributed by atoms with E-state index >= 15 is 0 Å². The summed E-state index contributed by atoms with van der Waals surface area (Å²) in [5.74, 6) is 2.36. The summed E-state index contributed by atoms with van der Waals surface area (Å²) < 4.78 is 0. The Morgan fingerprint density at radius 3 is 2.59 bits per heavy atom. The highest BCUT2D eigenvalue weighted by atomic mass is 16.1. The van der Waals surface area contributed by atoms with Gasteiger partial charge in [0.2, 0.25) is 5.91 Å². The molecule has 0 aromatic carbocycles. The van der Waals surface area contributed by atoms with E-state index in [-0.39, 0.29) is 11.8 Å². The smallest absolute Gasteiger partial charge is 0.223 e. The minimum absolute atomic E-state index is 0.260. The molecule has 0 spiro atoms. The van der Waals surface area contributed by atoms with Gasteiger partial charge in [-0.25, -0.2) is 9.97 Å². The average Bonchev–Trinajstić information content (AvgIpc) is 2.56. The highest BCUT2D eigenvalue weighted by Gasteiger charge is 2.26. The molecule has 0 radical (unpaired) electrons. The monoisotopic (exact) mass is 302 g/mol. The van der Waals surface area contributed by atoms with E-state index in [4.69, 9.17) is 0 Å². The predicted molar refractivity (Wildman–Crippen MR) is 86.7 cm³/mol. The lowest BCUT2D eigenvalue weighted by atomic mass is 9.88. The molecule has 22 heavy (non-hydrogen) atoms. The molecule has 1 N–H and O–H groups in total. The molecular formula is C17H26N4O. The molecule has 1 saturated carbocycles. The Labute approximate surface area is 132 Å². The molecule has 0 atom stereocenters. The third-order valence-corrected chi connectivity index (χ3v) is 4.90. The summed E-state index contributed by atoms with van der Waals surface area (Å²) >= 11 is 0. The topological polar surface area (TPSA) is 58.1 Å². The van der Waals surface area contributed by atoms with Gasteiger partial charge < -0.3 is 10.2 Å². The van der Waals surface area contributed by atoms with Crippen molar-refractivity contribution in [1.29, 1.82) is 0 Å². The van der Waals surface area contributed by atoms with Crippen molar-refractivity contribution in [3.05, 3.63) is 18.1 Å². The van der Waals surface area contributed by atoms with E-state index in [0.29, 0.717) is 6.04 Å². The van der Waals surface area contributed by atoms with Crippen LogP contribution >= 0.6 is 0 Å². The van der Waals surface area contributed by atoms with Gasteiger partial charge in [0.05, 0.1) is 0 Å². The maximum Gasteiger partial charge on any atom is 0.223 e. The zero-order valence-electron chi connectivity index (χ0n) is 13.4. The number of amides is 1. The number of piperidine rings is 1. The molecule has 0 bridgehead atoms. The standard InChI is InChI=1S/C17H26N4O/c1-13-18-10-7-16(19-13)21-11-8-15(9-12-21)20-17(22)14-5-3-2-4-6-14/h7,10,14-15H,2-6,8-9,11-12H2,1H3,(H,20,22). The van der Waals surface area contributed by atoms with Crippen LogP contribution in [0.4, 0.5) is 5.82 Å². The maximum absolute atomic E-state index is 12.3. The third-order valence-electron chi connectivity index (χ3n) is 4.90. The van der Waals surface area contributed by atoms with E-state index in [0.717, 1.165) is 50.4 Å². The number of aromatic nitrogens is 2. The zero-order valence-corrected chi connectivity index (χ0v) is 13.4. The number of nitrogens with one attached hydrogen (secondary N) is 1. The second-order valence-electron chi connectivity index (χ2n) is 6.57. The van der Waals surface area contributed by atoms with Gasteiger partial charge in [-0.1, -0.05) is 19.3 Å². The van der Waals surface area contributed by atoms with Gasteiger partial charge in [-0.05, 0) is 38.7 Å². The molecule has 2 heterocycles. The fourth-order valence-electron chi connectivity index (χ4n) is 3.56. The van der Waals surface area contributed by atoms with Crippen LogP contribution in [0.5, 0.6) is 0 Å². The van der Waals surface area contributed by atoms with Crippen molar-refractivity contribution in [3.63, 3.8) is 0 Å². The summed E-state index contributed by atoms with van der Waals surface area (Å²) in [4.78, 5) is 23.2. The molecule has 0 unspecified atom stereocenters. The summed E-state index contributed by atoms with van der Waals surface area (Å²) in [5, 5.41) is 3.27. The zero-order chi connectivity index (χ0) is 15.4. The first-order chi connectivity index (χ1) is 10.7. The van der Waals surface area contributed by atoms with Crippen molar-refractivity contribution in [2.45, 2.75) is 57.9 Å². The minimum atomic E-state index is 0.260. The highest BCUT2D eigenvalue weighted by molar-refractivity contribution is 5.79. The van der Waals surface area contributed by atoms with E-state index < -0.39 is 0 Å². The van der Waals surface area contributed by atoms with Crippen LogP contribution in [0.15, 0.2) is 12.3 Å². The SMILES string of the molecule is Cc1nccc(N2CCC(NC(=O)C3CCCCC3)CC2)n1. The van der Waals surface area contributed by atoms with Crippen LogP contribution < -0.4 is 10.2 Å². The first-order valence-electron chi connectivity index (χ1n) is 8.57. The number of hydrogen-bond donors (Lipinski definition) is 1. The Kier molecular flexibility index (Phi) is 4.90. The fraction of sp³-hybridized carbons (Fsp3) is 0.706. The van der Waals surface area contributed by atoms with Crippen LogP contribution in [0, 0.1) is 12.8 Å². The second kappa shape index (κ2) is 7.07. The molecule has 5 heteroatoms. The lowest BCUT2D eigenvalue weighted by molar-refractivity contribution is -0.126. The molecule has 1 aliphatic carbocycles. The average molecular weight is 302 g/mol. The van der Waals surface area contributed by atoms with Crippen molar-refractivity contribution in [2.24, 2.45) is 5.92 Å². The molecule has 1 saturated heterocycles. The summed E-state index contributed by atoms with van der Waals surface area (Å²) in [5.41, 5.74) is 0. The number of anilines is 1. The molecule has 2 aliphatic rings. The van der Waals surface area contributed by atoms with E-state index in [1.165, 1.54) is 19.3 Å². The Bertz CT molecular complexity index is 505. The number of aryl methyl sites for hydroxylation is 1. The van der Waals surface area contributed by atoms with Gasteiger partial charge in [0.1, 0.15) is 11.6 Å². The van der Waals surface area contributed by atoms with Crippen LogP contribution in [0.1, 0.15) is 50.8 Å². The van der Waals surface area contributed by atoms with E-state index in [1.54, 1.807) is 0 Å². The molecule has 1 amide bonds. The maximum atomic E-state index is 12.3. The quantitative estimate of drug-likeness (QED) is 0.932. The van der Waals surface area contributed by atoms with Crippen molar-refractivity contribution < 1.29 is 4.79 Å². The Balaban J connectivity index is 1.48. The molecule has 5 nitrogen and oxygen atoms in total. The second-order valence-corrected chi connectivity index (χ2v) is 6.57. The Hall–Kier alpha value is -1.65. The molecule has 120 valence electrons. The minimum Gasteiger partial charge on any atom is -0.356 e. The van der Waals surface area contributed by atoms with E-state index in [9.17, 15) is 4.79 Å². The Morgan fingerprint density at radius 2 is 1.91 bits per heavy atom. The summed E-state index contributed by atoms with van der Waals surface area (Å²) in [7, 11) is 0. The number of nitrogens with zero attached hydrogens (tertiary/aromatic N) is 3. The number of carbonyl (C=O) groups excluding carboxylic acids is 1. The summed E-state index contributed by atoms with van der Waals surface area (Å²) in [6, 6.07) is 2.29. The normalized spacial score (nSPS) is 20.9. The first-order valence-corrected chi connectivity index (χ1v) is 8.57. The fourth-order valence-corrected chi connectivity index (χ4v) is 3.56. The lowest BCUT2D eigenvalue weighted by Gasteiger charge is -2.34. The predicted octanol–water partition coefficient (Wildman–Crippen LogP) is 2.45. The van der Waals surface area contributed by atoms with Gasteiger partial charge in [0, 0.05) is 31.2 Å². The van der Waals surface area contributed by atoms with Gasteiger partial charge in [0.25, 0.3) is 0 Å². The van der Waals surface area contributed by atoms with Gasteiger partial charge in [-0.2, -0.15) is 0 Å². The van der Waals surface area contributed by atoms with Gasteiger partial charge in [0.15, 0.2) is 0 Å². The molecule has 1 aliphatic heterocycles. The molecule has 2 fully saturated rings. The van der Waals surface area contributed by atoms with E-state index in [1.807, 2.05) is 19.2 Å². The number of hydrogen-bond acceptors (Lipinski definition) is 4.